The fraction of sp³-hybridized carbons (Fsp3) is 0.125. The molecular weight excluding hydrogens is 214 g/mol. The fourth-order valence-corrected chi connectivity index (χ4v) is 0.979. The van der Waals surface area contributed by atoms with E-state index in [4.69, 9.17) is 4.42 Å². The second kappa shape index (κ2) is 3.93. The van der Waals surface area contributed by atoms with Gasteiger partial charge in [-0.1, -0.05) is 5.10 Å². The molecule has 2 aromatic rings. The summed E-state index contributed by atoms with van der Waals surface area (Å²) in [5.74, 6) is -0.204. The summed E-state index contributed by atoms with van der Waals surface area (Å²) in [5, 5.41) is 15.1. The van der Waals surface area contributed by atoms with Gasteiger partial charge in [0.05, 0.1) is 0 Å². The lowest BCUT2D eigenvalue weighted by Gasteiger charge is -1.97. The first kappa shape index (κ1) is 10.0. The van der Waals surface area contributed by atoms with Gasteiger partial charge in [0.1, 0.15) is 5.69 Å². The number of rotatable bonds is 2. The van der Waals surface area contributed by atoms with Crippen LogP contribution in [0.15, 0.2) is 21.3 Å². The van der Waals surface area contributed by atoms with E-state index in [0.29, 0.717) is 5.89 Å². The summed E-state index contributed by atoms with van der Waals surface area (Å²) in [6, 6.07) is 2.47. The van der Waals surface area contributed by atoms with Gasteiger partial charge in [-0.05, 0) is 6.07 Å². The first-order valence-corrected chi connectivity index (χ1v) is 4.32. The van der Waals surface area contributed by atoms with Crippen LogP contribution >= 0.6 is 0 Å². The molecule has 0 aromatic carbocycles. The third-order valence-corrected chi connectivity index (χ3v) is 1.66. The Morgan fingerprint density at radius 2 is 2.25 bits per heavy atom. The molecule has 0 atom stereocenters. The van der Waals surface area contributed by atoms with Crippen molar-refractivity contribution in [2.24, 2.45) is 0 Å². The van der Waals surface area contributed by atoms with Crippen molar-refractivity contribution in [2.75, 3.05) is 5.32 Å². The number of carbonyl (C=O) groups is 1. The minimum Gasteiger partial charge on any atom is -0.408 e. The van der Waals surface area contributed by atoms with E-state index < -0.39 is 5.91 Å². The quantitative estimate of drug-likeness (QED) is 0.720. The minimum absolute atomic E-state index is 0.0181. The molecule has 2 N–H and O–H groups in total. The lowest BCUT2D eigenvalue weighted by molar-refractivity contribution is 0.101. The van der Waals surface area contributed by atoms with Gasteiger partial charge in [0, 0.05) is 13.0 Å². The SMILES string of the molecule is Cc1nnc(NC(=O)c2ccc(=O)[nH]n2)o1. The first-order valence-electron chi connectivity index (χ1n) is 4.32. The number of carbonyl (C=O) groups excluding carboxylic acids is 1. The minimum atomic E-state index is -0.542. The van der Waals surface area contributed by atoms with Gasteiger partial charge in [-0.25, -0.2) is 5.10 Å². The number of aromatic amines is 1. The van der Waals surface area contributed by atoms with Gasteiger partial charge in [0.2, 0.25) is 5.89 Å². The van der Waals surface area contributed by atoms with Crippen molar-refractivity contribution in [2.45, 2.75) is 6.92 Å². The van der Waals surface area contributed by atoms with E-state index in [1.165, 1.54) is 12.1 Å². The number of nitrogens with zero attached hydrogens (tertiary/aromatic N) is 3. The number of H-pyrrole nitrogens is 1. The van der Waals surface area contributed by atoms with Crippen LogP contribution in [0, 0.1) is 6.92 Å². The molecule has 0 aliphatic carbocycles. The van der Waals surface area contributed by atoms with Crippen LogP contribution in [0.5, 0.6) is 0 Å². The van der Waals surface area contributed by atoms with Crippen LogP contribution < -0.4 is 10.9 Å². The number of aromatic nitrogens is 4. The third kappa shape index (κ3) is 2.11. The molecule has 16 heavy (non-hydrogen) atoms. The first-order chi connectivity index (χ1) is 7.65. The molecule has 0 aliphatic rings. The molecule has 2 rings (SSSR count). The number of hydrogen-bond acceptors (Lipinski definition) is 6. The van der Waals surface area contributed by atoms with Crippen molar-refractivity contribution in [1.82, 2.24) is 20.4 Å². The van der Waals surface area contributed by atoms with Crippen LogP contribution in [0.2, 0.25) is 0 Å². The van der Waals surface area contributed by atoms with Crippen LogP contribution in [0.1, 0.15) is 16.4 Å². The predicted molar refractivity (Wildman–Crippen MR) is 51.8 cm³/mol. The number of nitrogens with one attached hydrogen (secondary N) is 2. The van der Waals surface area contributed by atoms with Crippen LogP contribution in [-0.4, -0.2) is 26.3 Å². The predicted octanol–water partition coefficient (Wildman–Crippen LogP) is -0.286. The molecule has 0 bridgehead atoms. The van der Waals surface area contributed by atoms with Gasteiger partial charge in [-0.2, -0.15) is 5.10 Å². The summed E-state index contributed by atoms with van der Waals surface area (Å²) < 4.78 is 4.95. The summed E-state index contributed by atoms with van der Waals surface area (Å²) in [6.07, 6.45) is 0. The Balaban J connectivity index is 2.14. The zero-order valence-electron chi connectivity index (χ0n) is 8.22. The number of aryl methyl sites for hydroxylation is 1. The van der Waals surface area contributed by atoms with E-state index in [9.17, 15) is 9.59 Å². The zero-order chi connectivity index (χ0) is 11.5. The molecule has 82 valence electrons. The van der Waals surface area contributed by atoms with Gasteiger partial charge in [-0.15, -0.1) is 5.10 Å². The Bertz CT molecular complexity index is 553. The lowest BCUT2D eigenvalue weighted by atomic mass is 10.4. The Morgan fingerprint density at radius 1 is 1.44 bits per heavy atom. The van der Waals surface area contributed by atoms with Crippen LogP contribution in [0.25, 0.3) is 0 Å². The summed E-state index contributed by atoms with van der Waals surface area (Å²) in [5.41, 5.74) is -0.333. The van der Waals surface area contributed by atoms with Crippen molar-refractivity contribution >= 4 is 11.9 Å². The third-order valence-electron chi connectivity index (χ3n) is 1.66. The number of anilines is 1. The highest BCUT2D eigenvalue weighted by Gasteiger charge is 2.11. The average molecular weight is 221 g/mol. The summed E-state index contributed by atoms with van der Waals surface area (Å²) in [7, 11) is 0. The van der Waals surface area contributed by atoms with Crippen molar-refractivity contribution in [3.05, 3.63) is 34.1 Å². The monoisotopic (exact) mass is 221 g/mol. The Morgan fingerprint density at radius 3 is 2.81 bits per heavy atom. The number of amides is 1. The summed E-state index contributed by atoms with van der Waals surface area (Å²) >= 11 is 0. The Kier molecular flexibility index (Phi) is 2.46. The molecule has 0 unspecified atom stereocenters. The molecule has 1 amide bonds. The maximum atomic E-state index is 11.5. The average Bonchev–Trinajstić information content (AvgIpc) is 2.65. The van der Waals surface area contributed by atoms with Gasteiger partial charge in [-0.3, -0.25) is 14.9 Å². The van der Waals surface area contributed by atoms with Gasteiger partial charge >= 0.3 is 6.01 Å². The maximum absolute atomic E-state index is 11.5. The molecule has 2 aromatic heterocycles. The highest BCUT2D eigenvalue weighted by atomic mass is 16.4. The second-order valence-corrected chi connectivity index (χ2v) is 2.89. The van der Waals surface area contributed by atoms with Crippen molar-refractivity contribution in [3.63, 3.8) is 0 Å². The van der Waals surface area contributed by atoms with Crippen LogP contribution in [0.4, 0.5) is 6.01 Å². The fourth-order valence-electron chi connectivity index (χ4n) is 0.979. The van der Waals surface area contributed by atoms with Crippen LogP contribution in [-0.2, 0) is 0 Å². The highest BCUT2D eigenvalue weighted by molar-refractivity contribution is 6.01. The Hall–Kier alpha value is -2.51. The van der Waals surface area contributed by atoms with E-state index >= 15 is 0 Å². The molecule has 0 spiro atoms. The van der Waals surface area contributed by atoms with Crippen molar-refractivity contribution in [3.8, 4) is 0 Å². The van der Waals surface area contributed by atoms with E-state index in [-0.39, 0.29) is 17.3 Å². The normalized spacial score (nSPS) is 10.1. The molecule has 8 nitrogen and oxygen atoms in total. The molecule has 0 fully saturated rings. The van der Waals surface area contributed by atoms with Gasteiger partial charge < -0.3 is 4.42 Å². The topological polar surface area (TPSA) is 114 Å². The lowest BCUT2D eigenvalue weighted by Crippen LogP contribution is -2.17. The number of hydrogen-bond donors (Lipinski definition) is 2. The largest absolute Gasteiger partial charge is 0.408 e. The van der Waals surface area contributed by atoms with Crippen molar-refractivity contribution in [1.29, 1.82) is 0 Å². The molecular formula is C8H7N5O3. The van der Waals surface area contributed by atoms with Gasteiger partial charge in [0.15, 0.2) is 0 Å². The van der Waals surface area contributed by atoms with E-state index in [1.54, 1.807) is 6.92 Å². The molecule has 8 heteroatoms. The zero-order valence-corrected chi connectivity index (χ0v) is 8.22. The molecule has 0 saturated carbocycles. The van der Waals surface area contributed by atoms with Crippen molar-refractivity contribution < 1.29 is 9.21 Å². The van der Waals surface area contributed by atoms with E-state index in [0.717, 1.165) is 0 Å². The summed E-state index contributed by atoms with van der Waals surface area (Å²) in [6.45, 7) is 1.60. The van der Waals surface area contributed by atoms with Crippen LogP contribution in [0.3, 0.4) is 0 Å². The highest BCUT2D eigenvalue weighted by Crippen LogP contribution is 2.04. The van der Waals surface area contributed by atoms with E-state index in [2.05, 4.69) is 25.7 Å². The van der Waals surface area contributed by atoms with E-state index in [1.807, 2.05) is 0 Å². The molecule has 0 saturated heterocycles. The second-order valence-electron chi connectivity index (χ2n) is 2.89. The summed E-state index contributed by atoms with van der Waals surface area (Å²) in [4.78, 5) is 22.2. The Labute approximate surface area is 88.7 Å². The molecule has 0 radical (unpaired) electrons. The molecule has 0 aliphatic heterocycles. The molecule has 2 heterocycles. The van der Waals surface area contributed by atoms with Gasteiger partial charge in [0.25, 0.3) is 11.5 Å². The standard InChI is InChI=1S/C8H7N5O3/c1-4-10-13-8(16-4)9-7(15)5-2-3-6(14)12-11-5/h2-3H,1H3,(H,12,14)(H,9,13,15). The smallest absolute Gasteiger partial charge is 0.322 e. The maximum Gasteiger partial charge on any atom is 0.322 e.